The summed E-state index contributed by atoms with van der Waals surface area (Å²) in [6, 6.07) is 7.69. The molecular weight excluding hydrogens is 436 g/mol. The molecule has 12 heteroatoms. The lowest BCUT2D eigenvalue weighted by atomic mass is 10.2. The standard InChI is InChI=1S/C17H22N4O4.C4H4O4/c1-21-17(22)20-16(11-19-21)23-9-5-4-8-18-10-13-12-24-14-6-2-3-7-15(14)25-13;5-3(6)1-2-4(7)8/h2-3,6-7,11,13,18H,4-5,8-10,12H2,1H3;1-2H,(H,5,6)(H,7,8)/b;2-1+. The van der Waals surface area contributed by atoms with Gasteiger partial charge in [-0.2, -0.15) is 10.1 Å². The Hall–Kier alpha value is -3.93. The third kappa shape index (κ3) is 9.82. The van der Waals surface area contributed by atoms with Gasteiger partial charge < -0.3 is 29.7 Å². The molecule has 1 aliphatic rings. The zero-order valence-corrected chi connectivity index (χ0v) is 18.0. The third-order valence-electron chi connectivity index (χ3n) is 4.13. The van der Waals surface area contributed by atoms with Crippen molar-refractivity contribution in [2.24, 2.45) is 7.05 Å². The van der Waals surface area contributed by atoms with Crippen molar-refractivity contribution in [2.45, 2.75) is 18.9 Å². The Bertz CT molecular complexity index is 992. The molecule has 0 amide bonds. The fraction of sp³-hybridized carbons (Fsp3) is 0.381. The molecule has 3 rings (SSSR count). The number of unbranched alkanes of at least 4 members (excludes halogenated alkanes) is 1. The zero-order chi connectivity index (χ0) is 24.1. The summed E-state index contributed by atoms with van der Waals surface area (Å²) in [5.41, 5.74) is -0.421. The second-order valence-corrected chi connectivity index (χ2v) is 6.77. The van der Waals surface area contributed by atoms with E-state index in [9.17, 15) is 14.4 Å². The molecule has 2 heterocycles. The van der Waals surface area contributed by atoms with Gasteiger partial charge in [-0.15, -0.1) is 0 Å². The monoisotopic (exact) mass is 462 g/mol. The third-order valence-corrected chi connectivity index (χ3v) is 4.13. The van der Waals surface area contributed by atoms with Crippen molar-refractivity contribution in [1.29, 1.82) is 0 Å². The van der Waals surface area contributed by atoms with Crippen LogP contribution >= 0.6 is 0 Å². The summed E-state index contributed by atoms with van der Waals surface area (Å²) in [6.45, 7) is 2.64. The fourth-order valence-electron chi connectivity index (χ4n) is 2.55. The first-order chi connectivity index (χ1) is 15.8. The van der Waals surface area contributed by atoms with E-state index in [1.165, 1.54) is 6.20 Å². The van der Waals surface area contributed by atoms with Gasteiger partial charge in [-0.1, -0.05) is 12.1 Å². The van der Waals surface area contributed by atoms with Crippen molar-refractivity contribution in [3.8, 4) is 17.4 Å². The highest BCUT2D eigenvalue weighted by atomic mass is 16.6. The molecule has 0 saturated heterocycles. The molecule has 0 fully saturated rings. The smallest absolute Gasteiger partial charge is 0.366 e. The molecule has 0 bridgehead atoms. The number of aryl methyl sites for hydroxylation is 1. The molecule has 33 heavy (non-hydrogen) atoms. The van der Waals surface area contributed by atoms with Crippen LogP contribution < -0.4 is 25.2 Å². The summed E-state index contributed by atoms with van der Waals surface area (Å²) < 4.78 is 18.1. The predicted molar refractivity (Wildman–Crippen MR) is 116 cm³/mol. The van der Waals surface area contributed by atoms with E-state index in [1.807, 2.05) is 24.3 Å². The number of ether oxygens (including phenoxy) is 3. The summed E-state index contributed by atoms with van der Waals surface area (Å²) in [4.78, 5) is 34.2. The van der Waals surface area contributed by atoms with E-state index in [0.717, 1.165) is 42.1 Å². The maximum atomic E-state index is 11.3. The first kappa shape index (κ1) is 25.3. The molecule has 0 radical (unpaired) electrons. The average Bonchev–Trinajstić information content (AvgIpc) is 2.79. The number of hydrogen-bond donors (Lipinski definition) is 3. The Labute approximate surface area is 189 Å². The van der Waals surface area contributed by atoms with Crippen molar-refractivity contribution < 1.29 is 34.0 Å². The van der Waals surface area contributed by atoms with Crippen LogP contribution in [0.5, 0.6) is 17.4 Å². The van der Waals surface area contributed by atoms with Gasteiger partial charge in [0.25, 0.3) is 0 Å². The Morgan fingerprint density at radius 3 is 2.58 bits per heavy atom. The second-order valence-electron chi connectivity index (χ2n) is 6.77. The molecule has 3 N–H and O–H groups in total. The minimum atomic E-state index is -1.26. The molecule has 1 atom stereocenters. The van der Waals surface area contributed by atoms with Crippen molar-refractivity contribution in [3.63, 3.8) is 0 Å². The van der Waals surface area contributed by atoms with Crippen LogP contribution in [0.1, 0.15) is 12.8 Å². The predicted octanol–water partition coefficient (Wildman–Crippen LogP) is 0.476. The quantitative estimate of drug-likeness (QED) is 0.332. The van der Waals surface area contributed by atoms with Crippen LogP contribution in [0.4, 0.5) is 0 Å². The molecule has 0 aliphatic carbocycles. The first-order valence-corrected chi connectivity index (χ1v) is 10.1. The first-order valence-electron chi connectivity index (χ1n) is 10.1. The molecule has 1 aromatic carbocycles. The van der Waals surface area contributed by atoms with Crippen molar-refractivity contribution in [3.05, 3.63) is 53.1 Å². The van der Waals surface area contributed by atoms with Gasteiger partial charge >= 0.3 is 17.6 Å². The van der Waals surface area contributed by atoms with Gasteiger partial charge in [-0.25, -0.2) is 19.1 Å². The molecule has 0 spiro atoms. The summed E-state index contributed by atoms with van der Waals surface area (Å²) in [7, 11) is 1.55. The van der Waals surface area contributed by atoms with E-state index in [1.54, 1.807) is 7.05 Å². The van der Waals surface area contributed by atoms with Crippen LogP contribution in [0.15, 0.2) is 47.4 Å². The lowest BCUT2D eigenvalue weighted by Gasteiger charge is -2.26. The number of carboxylic acids is 2. The lowest BCUT2D eigenvalue weighted by Crippen LogP contribution is -2.38. The maximum Gasteiger partial charge on any atom is 0.366 e. The van der Waals surface area contributed by atoms with E-state index in [-0.39, 0.29) is 12.0 Å². The van der Waals surface area contributed by atoms with E-state index in [2.05, 4.69) is 15.4 Å². The van der Waals surface area contributed by atoms with E-state index in [0.29, 0.717) is 25.4 Å². The van der Waals surface area contributed by atoms with Crippen LogP contribution in [0, 0.1) is 0 Å². The van der Waals surface area contributed by atoms with Gasteiger partial charge in [0, 0.05) is 25.7 Å². The number of aromatic nitrogens is 3. The molecule has 1 aliphatic heterocycles. The summed E-state index contributed by atoms with van der Waals surface area (Å²) in [6.07, 6.45) is 4.38. The number of carboxylic acid groups (broad SMARTS) is 2. The number of aliphatic carboxylic acids is 2. The Morgan fingerprint density at radius 2 is 1.91 bits per heavy atom. The van der Waals surface area contributed by atoms with E-state index < -0.39 is 17.6 Å². The Morgan fingerprint density at radius 1 is 1.21 bits per heavy atom. The van der Waals surface area contributed by atoms with Crippen LogP contribution in [-0.2, 0) is 16.6 Å². The molecule has 1 aromatic heterocycles. The van der Waals surface area contributed by atoms with Gasteiger partial charge in [-0.3, -0.25) is 0 Å². The number of fused-ring (bicyclic) bond motifs is 1. The van der Waals surface area contributed by atoms with Crippen LogP contribution in [0.3, 0.4) is 0 Å². The van der Waals surface area contributed by atoms with Gasteiger partial charge in [-0.05, 0) is 31.5 Å². The highest BCUT2D eigenvalue weighted by molar-refractivity contribution is 5.89. The summed E-state index contributed by atoms with van der Waals surface area (Å²) in [5.74, 6) is -0.652. The number of rotatable bonds is 10. The second kappa shape index (κ2) is 13.5. The van der Waals surface area contributed by atoms with Crippen molar-refractivity contribution in [1.82, 2.24) is 20.1 Å². The molecule has 12 nitrogen and oxygen atoms in total. The lowest BCUT2D eigenvalue weighted by molar-refractivity contribution is -0.134. The Balaban J connectivity index is 0.000000414. The fourth-order valence-corrected chi connectivity index (χ4v) is 2.55. The van der Waals surface area contributed by atoms with E-state index >= 15 is 0 Å². The van der Waals surface area contributed by atoms with Crippen LogP contribution in [0.25, 0.3) is 0 Å². The van der Waals surface area contributed by atoms with Gasteiger partial charge in [0.15, 0.2) is 11.5 Å². The molecule has 2 aromatic rings. The number of nitrogens with one attached hydrogen (secondary N) is 1. The number of para-hydroxylation sites is 2. The minimum absolute atomic E-state index is 0.0157. The van der Waals surface area contributed by atoms with E-state index in [4.69, 9.17) is 24.4 Å². The number of benzene rings is 1. The highest BCUT2D eigenvalue weighted by Gasteiger charge is 2.19. The molecule has 0 saturated carbocycles. The van der Waals surface area contributed by atoms with Gasteiger partial charge in [0.2, 0.25) is 5.88 Å². The summed E-state index contributed by atoms with van der Waals surface area (Å²) >= 11 is 0. The highest BCUT2D eigenvalue weighted by Crippen LogP contribution is 2.30. The van der Waals surface area contributed by atoms with Gasteiger partial charge in [0.1, 0.15) is 18.9 Å². The Kier molecular flexibility index (Phi) is 10.3. The molecular formula is C21H26N4O8. The number of hydrogen-bond acceptors (Lipinski definition) is 9. The van der Waals surface area contributed by atoms with Crippen LogP contribution in [-0.4, -0.2) is 69.3 Å². The summed E-state index contributed by atoms with van der Waals surface area (Å²) in [5, 5.41) is 22.8. The maximum absolute atomic E-state index is 11.3. The topological polar surface area (TPSA) is 162 Å². The van der Waals surface area contributed by atoms with Crippen molar-refractivity contribution in [2.75, 3.05) is 26.3 Å². The normalized spacial score (nSPS) is 14.3. The van der Waals surface area contributed by atoms with Crippen molar-refractivity contribution >= 4 is 11.9 Å². The molecule has 1 unspecified atom stereocenters. The minimum Gasteiger partial charge on any atom is -0.486 e. The van der Waals surface area contributed by atoms with Gasteiger partial charge in [0.05, 0.1) is 6.61 Å². The SMILES string of the molecule is Cn1ncc(OCCCCNCC2COc3ccccc3O2)nc1=O.O=C(O)/C=C/C(=O)O. The largest absolute Gasteiger partial charge is 0.486 e. The van der Waals surface area contributed by atoms with Crippen LogP contribution in [0.2, 0.25) is 0 Å². The number of nitrogens with zero attached hydrogens (tertiary/aromatic N) is 3. The zero-order valence-electron chi connectivity index (χ0n) is 18.0. The average molecular weight is 462 g/mol. The molecule has 178 valence electrons. The number of carbonyl (C=O) groups is 2.